The van der Waals surface area contributed by atoms with Crippen molar-refractivity contribution in [3.8, 4) is 0 Å². The molecule has 1 fully saturated rings. The average Bonchev–Trinajstić information content (AvgIpc) is 3.25. The molecule has 0 radical (unpaired) electrons. The van der Waals surface area contributed by atoms with Gasteiger partial charge in [0.1, 0.15) is 12.7 Å². The minimum Gasteiger partial charge on any atom is -0.445 e. The van der Waals surface area contributed by atoms with Crippen molar-refractivity contribution in [1.82, 2.24) is 5.32 Å². The Labute approximate surface area is 166 Å². The lowest BCUT2D eigenvalue weighted by molar-refractivity contribution is -0.0534. The summed E-state index contributed by atoms with van der Waals surface area (Å²) < 4.78 is 17.0. The maximum atomic E-state index is 13.3. The highest BCUT2D eigenvalue weighted by molar-refractivity contribution is 6.29. The number of rotatable bonds is 2. The van der Waals surface area contributed by atoms with E-state index in [1.54, 1.807) is 30.3 Å². The molecule has 3 unspecified atom stereocenters. The fourth-order valence-electron chi connectivity index (χ4n) is 4.57. The van der Waals surface area contributed by atoms with Crippen LogP contribution in [0.25, 0.3) is 0 Å². The molecule has 0 spiro atoms. The van der Waals surface area contributed by atoms with E-state index in [0.717, 1.165) is 11.1 Å². The molecule has 0 aromatic heterocycles. The van der Waals surface area contributed by atoms with Gasteiger partial charge in [-0.25, -0.2) is 4.79 Å². The number of carbonyl (C=O) groups is 3. The van der Waals surface area contributed by atoms with Gasteiger partial charge in [0.25, 0.3) is 0 Å². The van der Waals surface area contributed by atoms with E-state index in [-0.39, 0.29) is 36.7 Å². The van der Waals surface area contributed by atoms with Gasteiger partial charge in [-0.2, -0.15) is 0 Å². The van der Waals surface area contributed by atoms with E-state index in [9.17, 15) is 14.4 Å². The Hall–Kier alpha value is -3.03. The number of benzene rings is 2. The molecular weight excluding hydrogens is 374 g/mol. The summed E-state index contributed by atoms with van der Waals surface area (Å²) in [5.74, 6) is -0.371. The predicted octanol–water partition coefficient (Wildman–Crippen LogP) is 2.68. The van der Waals surface area contributed by atoms with E-state index in [4.69, 9.17) is 14.2 Å². The Kier molecular flexibility index (Phi) is 4.04. The normalized spacial score (nSPS) is 23.9. The molecule has 2 aliphatic carbocycles. The topological polar surface area (TPSA) is 90.9 Å². The molecule has 7 heteroatoms. The van der Waals surface area contributed by atoms with Crippen LogP contribution in [-0.4, -0.2) is 37.1 Å². The van der Waals surface area contributed by atoms with E-state index >= 15 is 0 Å². The number of hydrogen-bond donors (Lipinski definition) is 1. The number of carbonyl (C=O) groups excluding carboxylic acids is 3. The first-order valence-electron chi connectivity index (χ1n) is 9.52. The molecule has 3 aliphatic rings. The number of nitrogens with one attached hydrogen (secondary N) is 1. The molecule has 1 amide bonds. The van der Waals surface area contributed by atoms with E-state index in [2.05, 4.69) is 5.32 Å². The van der Waals surface area contributed by atoms with Crippen molar-refractivity contribution in [2.24, 2.45) is 0 Å². The Balaban J connectivity index is 1.69. The zero-order valence-corrected chi connectivity index (χ0v) is 16.0. The molecule has 5 rings (SSSR count). The summed E-state index contributed by atoms with van der Waals surface area (Å²) in [6, 6.07) is 8.50. The Bertz CT molecular complexity index is 1080. The van der Waals surface area contributed by atoms with Crippen molar-refractivity contribution in [2.75, 3.05) is 7.05 Å². The number of ether oxygens (including phenoxy) is 3. The summed E-state index contributed by atoms with van der Waals surface area (Å²) in [5, 5.41) is 2.41. The van der Waals surface area contributed by atoms with Crippen LogP contribution >= 0.6 is 0 Å². The standard InChI is InChI=1S/C22H19NO6/c1-10-28-16-8-14-17(21(16)29-10)11(9-27-22(26)23-2)7-15-18(14)20(25)13-6-4-3-5-12(13)19(15)24/h3-7,10,16,21H,8-9H2,1-2H3,(H,23,26). The number of alkyl carbamates (subject to hydrolysis) is 1. The fourth-order valence-corrected chi connectivity index (χ4v) is 4.57. The molecule has 3 atom stereocenters. The zero-order chi connectivity index (χ0) is 20.3. The first-order valence-corrected chi connectivity index (χ1v) is 9.52. The first kappa shape index (κ1) is 18.0. The Morgan fingerprint density at radius 1 is 1.14 bits per heavy atom. The maximum absolute atomic E-state index is 13.3. The molecule has 0 saturated carbocycles. The largest absolute Gasteiger partial charge is 0.445 e. The second-order valence-electron chi connectivity index (χ2n) is 7.38. The predicted molar refractivity (Wildman–Crippen MR) is 101 cm³/mol. The minimum atomic E-state index is -0.573. The van der Waals surface area contributed by atoms with Crippen molar-refractivity contribution in [3.63, 3.8) is 0 Å². The zero-order valence-electron chi connectivity index (χ0n) is 16.0. The molecule has 2 aromatic carbocycles. The van der Waals surface area contributed by atoms with Crippen LogP contribution in [0.15, 0.2) is 30.3 Å². The van der Waals surface area contributed by atoms with E-state index < -0.39 is 6.09 Å². The van der Waals surface area contributed by atoms with E-state index in [1.165, 1.54) is 7.05 Å². The summed E-state index contributed by atoms with van der Waals surface area (Å²) in [5.41, 5.74) is 3.78. The van der Waals surface area contributed by atoms with Crippen molar-refractivity contribution in [1.29, 1.82) is 0 Å². The van der Waals surface area contributed by atoms with Crippen LogP contribution in [-0.2, 0) is 27.2 Å². The summed E-state index contributed by atoms with van der Waals surface area (Å²) >= 11 is 0. The Morgan fingerprint density at radius 2 is 1.86 bits per heavy atom. The molecule has 7 nitrogen and oxygen atoms in total. The second-order valence-corrected chi connectivity index (χ2v) is 7.38. The molecule has 1 heterocycles. The van der Waals surface area contributed by atoms with Gasteiger partial charge in [-0.05, 0) is 29.7 Å². The lowest BCUT2D eigenvalue weighted by Crippen LogP contribution is -2.24. The van der Waals surface area contributed by atoms with Gasteiger partial charge in [-0.15, -0.1) is 0 Å². The molecule has 1 N–H and O–H groups in total. The highest BCUT2D eigenvalue weighted by atomic mass is 16.7. The quantitative estimate of drug-likeness (QED) is 0.720. The number of amides is 1. The molecule has 148 valence electrons. The van der Waals surface area contributed by atoms with Crippen LogP contribution in [0.1, 0.15) is 61.6 Å². The van der Waals surface area contributed by atoms with Gasteiger partial charge in [0.2, 0.25) is 0 Å². The minimum absolute atomic E-state index is 0.0284. The fraction of sp³-hybridized carbons (Fsp3) is 0.318. The highest BCUT2D eigenvalue weighted by Crippen LogP contribution is 2.47. The summed E-state index contributed by atoms with van der Waals surface area (Å²) in [6.07, 6.45) is -1.04. The van der Waals surface area contributed by atoms with E-state index in [1.807, 2.05) is 6.92 Å². The molecule has 0 bridgehead atoms. The van der Waals surface area contributed by atoms with Crippen molar-refractivity contribution in [3.05, 3.63) is 69.3 Å². The lowest BCUT2D eigenvalue weighted by Gasteiger charge is -2.23. The van der Waals surface area contributed by atoms with Crippen LogP contribution in [0.3, 0.4) is 0 Å². The third-order valence-electron chi connectivity index (χ3n) is 5.74. The number of ketones is 2. The van der Waals surface area contributed by atoms with Crippen LogP contribution in [0.2, 0.25) is 0 Å². The maximum Gasteiger partial charge on any atom is 0.407 e. The molecule has 1 aliphatic heterocycles. The van der Waals surface area contributed by atoms with Gasteiger partial charge in [0.15, 0.2) is 17.9 Å². The smallest absolute Gasteiger partial charge is 0.407 e. The van der Waals surface area contributed by atoms with Gasteiger partial charge < -0.3 is 19.5 Å². The van der Waals surface area contributed by atoms with Crippen LogP contribution in [0.5, 0.6) is 0 Å². The van der Waals surface area contributed by atoms with Crippen molar-refractivity contribution < 1.29 is 28.6 Å². The van der Waals surface area contributed by atoms with Gasteiger partial charge in [0.05, 0.1) is 6.10 Å². The molecule has 2 aromatic rings. The lowest BCUT2D eigenvalue weighted by atomic mass is 9.79. The van der Waals surface area contributed by atoms with Crippen LogP contribution in [0.4, 0.5) is 4.79 Å². The third-order valence-corrected chi connectivity index (χ3v) is 5.74. The monoisotopic (exact) mass is 393 g/mol. The Morgan fingerprint density at radius 3 is 2.59 bits per heavy atom. The molecular formula is C22H19NO6. The van der Waals surface area contributed by atoms with Gasteiger partial charge in [0, 0.05) is 35.7 Å². The molecule has 29 heavy (non-hydrogen) atoms. The third kappa shape index (κ3) is 2.62. The summed E-state index contributed by atoms with van der Waals surface area (Å²) in [4.78, 5) is 38.1. The van der Waals surface area contributed by atoms with Gasteiger partial charge in [-0.1, -0.05) is 24.3 Å². The number of fused-ring (bicyclic) bond motifs is 6. The van der Waals surface area contributed by atoms with E-state index in [0.29, 0.717) is 34.2 Å². The van der Waals surface area contributed by atoms with Crippen molar-refractivity contribution >= 4 is 17.7 Å². The average molecular weight is 393 g/mol. The van der Waals surface area contributed by atoms with Crippen LogP contribution in [0, 0.1) is 0 Å². The first-order chi connectivity index (χ1) is 14.0. The summed E-state index contributed by atoms with van der Waals surface area (Å²) in [6.45, 7) is 1.79. The highest BCUT2D eigenvalue weighted by Gasteiger charge is 2.46. The van der Waals surface area contributed by atoms with Gasteiger partial charge >= 0.3 is 6.09 Å². The SMILES string of the molecule is CNC(=O)OCc1cc2c(c3c1C1OC(C)OC1C3)C(=O)c1ccccc1C2=O. The molecule has 1 saturated heterocycles. The number of hydrogen-bond acceptors (Lipinski definition) is 6. The van der Waals surface area contributed by atoms with Crippen molar-refractivity contribution in [2.45, 2.75) is 38.4 Å². The summed E-state index contributed by atoms with van der Waals surface area (Å²) in [7, 11) is 1.48. The van der Waals surface area contributed by atoms with Crippen LogP contribution < -0.4 is 5.32 Å². The van der Waals surface area contributed by atoms with Gasteiger partial charge in [-0.3, -0.25) is 9.59 Å². The second kappa shape index (κ2) is 6.50.